The molecule has 55 heavy (non-hydrogen) atoms. The molecule has 0 aromatic heterocycles. The molecule has 0 spiro atoms. The summed E-state index contributed by atoms with van der Waals surface area (Å²) < 4.78 is 6.16. The number of ether oxygens (including phenoxy) is 1. The van der Waals surface area contributed by atoms with Gasteiger partial charge in [-0.05, 0) is 116 Å². The van der Waals surface area contributed by atoms with Crippen molar-refractivity contribution in [3.05, 3.63) is 47.0 Å². The molecule has 3 N–H and O–H groups in total. The number of allylic oxidation sites excluding steroid dienone is 1. The molecule has 1 aromatic rings. The fourth-order valence-corrected chi connectivity index (χ4v) is 13.5. The number of aliphatic hydroxyl groups is 1. The summed E-state index contributed by atoms with van der Waals surface area (Å²) in [5, 5.41) is 31.9. The summed E-state index contributed by atoms with van der Waals surface area (Å²) in [7, 11) is 0. The lowest BCUT2D eigenvalue weighted by molar-refractivity contribution is -0.235. The van der Waals surface area contributed by atoms with Crippen molar-refractivity contribution in [2.45, 2.75) is 145 Å². The second kappa shape index (κ2) is 14.4. The molecular formula is C46H67NO8. The van der Waals surface area contributed by atoms with Gasteiger partial charge in [0.15, 0.2) is 5.78 Å². The van der Waals surface area contributed by atoms with Gasteiger partial charge in [-0.3, -0.25) is 24.1 Å². The number of rotatable bonds is 12. The third kappa shape index (κ3) is 6.81. The number of carbonyl (C=O) groups is 4. The minimum Gasteiger partial charge on any atom is -0.481 e. The van der Waals surface area contributed by atoms with Crippen LogP contribution < -0.4 is 0 Å². The molecule has 0 saturated heterocycles. The highest BCUT2D eigenvalue weighted by molar-refractivity contribution is 6.00. The maximum atomic E-state index is 14.2. The summed E-state index contributed by atoms with van der Waals surface area (Å²) in [4.78, 5) is 52.9. The monoisotopic (exact) mass is 761 g/mol. The van der Waals surface area contributed by atoms with E-state index in [1.807, 2.05) is 35.2 Å². The molecule has 4 fully saturated rings. The van der Waals surface area contributed by atoms with E-state index >= 15 is 0 Å². The zero-order valence-corrected chi connectivity index (χ0v) is 34.9. The van der Waals surface area contributed by atoms with Gasteiger partial charge in [0.2, 0.25) is 0 Å². The van der Waals surface area contributed by atoms with Crippen LogP contribution in [0.2, 0.25) is 0 Å². The second-order valence-corrected chi connectivity index (χ2v) is 20.6. The summed E-state index contributed by atoms with van der Waals surface area (Å²) in [6.07, 6.45) is 6.23. The molecule has 9 heteroatoms. The van der Waals surface area contributed by atoms with Crippen molar-refractivity contribution >= 4 is 23.7 Å². The number of carbonyl (C=O) groups excluding carboxylic acids is 2. The van der Waals surface area contributed by atoms with E-state index in [1.165, 1.54) is 5.57 Å². The van der Waals surface area contributed by atoms with E-state index in [9.17, 15) is 34.5 Å². The number of hydrogen-bond donors (Lipinski definition) is 3. The van der Waals surface area contributed by atoms with Crippen molar-refractivity contribution in [3.63, 3.8) is 0 Å². The topological polar surface area (TPSA) is 141 Å². The van der Waals surface area contributed by atoms with E-state index in [4.69, 9.17) is 4.74 Å². The van der Waals surface area contributed by atoms with Crippen LogP contribution in [-0.4, -0.2) is 69.2 Å². The number of carboxylic acid groups (broad SMARTS) is 2. The Morgan fingerprint density at radius 1 is 0.891 bits per heavy atom. The molecule has 9 nitrogen and oxygen atoms in total. The number of carboxylic acids is 2. The fourth-order valence-electron chi connectivity index (χ4n) is 13.5. The van der Waals surface area contributed by atoms with Gasteiger partial charge in [0.25, 0.3) is 0 Å². The Morgan fingerprint density at radius 2 is 1.56 bits per heavy atom. The smallest absolute Gasteiger partial charge is 0.317 e. The molecule has 5 aliphatic carbocycles. The molecule has 0 aliphatic heterocycles. The molecule has 0 unspecified atom stereocenters. The van der Waals surface area contributed by atoms with E-state index < -0.39 is 34.8 Å². The van der Waals surface area contributed by atoms with Gasteiger partial charge >= 0.3 is 17.9 Å². The molecule has 4 saturated carbocycles. The third-order valence-electron chi connectivity index (χ3n) is 16.5. The minimum atomic E-state index is -1.19. The Hall–Kier alpha value is -3.04. The largest absolute Gasteiger partial charge is 0.481 e. The van der Waals surface area contributed by atoms with Gasteiger partial charge in [0, 0.05) is 30.3 Å². The first-order valence-electron chi connectivity index (χ1n) is 20.9. The van der Waals surface area contributed by atoms with E-state index in [0.29, 0.717) is 24.8 Å². The van der Waals surface area contributed by atoms with Crippen molar-refractivity contribution in [2.24, 2.45) is 56.2 Å². The van der Waals surface area contributed by atoms with E-state index in [1.54, 1.807) is 13.8 Å². The summed E-state index contributed by atoms with van der Waals surface area (Å²) in [5.41, 5.74) is 0.769. The average Bonchev–Trinajstić information content (AvgIpc) is 3.39. The van der Waals surface area contributed by atoms with E-state index in [2.05, 4.69) is 48.5 Å². The van der Waals surface area contributed by atoms with Crippen LogP contribution in [0.3, 0.4) is 0 Å². The van der Waals surface area contributed by atoms with Crippen molar-refractivity contribution in [1.82, 2.24) is 4.90 Å². The maximum Gasteiger partial charge on any atom is 0.317 e. The lowest BCUT2D eigenvalue weighted by Crippen LogP contribution is -2.66. The lowest BCUT2D eigenvalue weighted by Gasteiger charge is -2.72. The van der Waals surface area contributed by atoms with Crippen molar-refractivity contribution < 1.29 is 39.2 Å². The summed E-state index contributed by atoms with van der Waals surface area (Å²) in [6.45, 7) is 19.7. The highest BCUT2D eigenvalue weighted by atomic mass is 16.5. The molecule has 6 rings (SSSR count). The van der Waals surface area contributed by atoms with Crippen LogP contribution >= 0.6 is 0 Å². The Labute approximate surface area is 328 Å². The number of Topliss-reactive ketones (excluding diaryl/α,β-unsaturated/α-hetero) is 1. The van der Waals surface area contributed by atoms with Crippen LogP contribution in [0.4, 0.5) is 0 Å². The standard InChI is InChI=1S/C46H67NO8/c1-28(2)38-31(48)23-46(34(49)26-47(27-36(50)51)25-29-13-11-10-12-14-29)22-21-44(8)30(39(38)46)15-16-33-43(7)19-18-35(55-37(52)24-41(3,4)40(53)54)42(5,6)32(43)17-20-45(33,44)9/h10-14,28,30,32-35,49H,15-27H2,1-9H3,(H,50,51)(H,53,54)/t30-,32+,33-,34+,35+,43+,44-,45-,46+/m1/s1. The molecule has 9 atom stereocenters. The molecule has 0 bridgehead atoms. The summed E-state index contributed by atoms with van der Waals surface area (Å²) in [6, 6.07) is 9.77. The van der Waals surface area contributed by atoms with Crippen LogP contribution in [0.15, 0.2) is 41.5 Å². The number of nitrogens with zero attached hydrogens (tertiary/aromatic N) is 1. The summed E-state index contributed by atoms with van der Waals surface area (Å²) >= 11 is 0. The second-order valence-electron chi connectivity index (χ2n) is 20.6. The van der Waals surface area contributed by atoms with Crippen LogP contribution in [0.5, 0.6) is 0 Å². The van der Waals surface area contributed by atoms with Gasteiger partial charge in [-0.15, -0.1) is 0 Å². The first-order valence-corrected chi connectivity index (χ1v) is 20.9. The predicted molar refractivity (Wildman–Crippen MR) is 211 cm³/mol. The van der Waals surface area contributed by atoms with Gasteiger partial charge in [-0.2, -0.15) is 0 Å². The predicted octanol–water partition coefficient (Wildman–Crippen LogP) is 8.33. The molecule has 0 radical (unpaired) electrons. The average molecular weight is 762 g/mol. The van der Waals surface area contributed by atoms with E-state index in [0.717, 1.165) is 56.1 Å². The first kappa shape index (κ1) is 41.6. The molecule has 0 amide bonds. The van der Waals surface area contributed by atoms with Crippen LogP contribution in [0.25, 0.3) is 0 Å². The minimum absolute atomic E-state index is 0.0112. The highest BCUT2D eigenvalue weighted by Gasteiger charge is 2.71. The van der Waals surface area contributed by atoms with Gasteiger partial charge in [-0.1, -0.05) is 84.4 Å². The number of fused-ring (bicyclic) bond motifs is 7. The molecule has 304 valence electrons. The molecule has 0 heterocycles. The van der Waals surface area contributed by atoms with Crippen LogP contribution in [0, 0.1) is 56.2 Å². The molecular weight excluding hydrogens is 695 g/mol. The molecule has 5 aliphatic rings. The van der Waals surface area contributed by atoms with Gasteiger partial charge < -0.3 is 20.1 Å². The number of esters is 1. The fraction of sp³-hybridized carbons (Fsp3) is 0.739. The Kier molecular flexibility index (Phi) is 10.9. The Balaban J connectivity index is 1.29. The van der Waals surface area contributed by atoms with Gasteiger partial charge in [0.1, 0.15) is 6.10 Å². The van der Waals surface area contributed by atoms with E-state index in [-0.39, 0.29) is 71.3 Å². The number of benzene rings is 1. The Bertz CT molecular complexity index is 1710. The zero-order chi connectivity index (χ0) is 40.5. The molecule has 1 aromatic carbocycles. The number of aliphatic hydroxyl groups excluding tert-OH is 1. The highest BCUT2D eigenvalue weighted by Crippen LogP contribution is 2.77. The van der Waals surface area contributed by atoms with Crippen LogP contribution in [0.1, 0.15) is 132 Å². The zero-order valence-electron chi connectivity index (χ0n) is 34.9. The van der Waals surface area contributed by atoms with Gasteiger partial charge in [0.05, 0.1) is 24.5 Å². The number of ketones is 1. The maximum absolute atomic E-state index is 14.2. The Morgan fingerprint density at radius 3 is 2.18 bits per heavy atom. The number of hydrogen-bond acceptors (Lipinski definition) is 7. The third-order valence-corrected chi connectivity index (χ3v) is 16.5. The van der Waals surface area contributed by atoms with Crippen molar-refractivity contribution in [2.75, 3.05) is 13.1 Å². The summed E-state index contributed by atoms with van der Waals surface area (Å²) in [5.74, 6) is -1.32. The quantitative estimate of drug-likeness (QED) is 0.179. The van der Waals surface area contributed by atoms with Gasteiger partial charge in [-0.25, -0.2) is 0 Å². The normalized spacial score (nSPS) is 36.1. The van der Waals surface area contributed by atoms with Crippen molar-refractivity contribution in [3.8, 4) is 0 Å². The first-order chi connectivity index (χ1) is 25.5. The van der Waals surface area contributed by atoms with Crippen LogP contribution in [-0.2, 0) is 30.5 Å². The SMILES string of the molecule is CC(C)C1=C2[C@H]3CC[C@@H]4[C@@]5(C)CC[C@H](OC(=O)CC(C)(C)C(=O)O)C(C)(C)[C@@H]5CC[C@@]4(C)[C@]3(C)CC[C@@]2([C@@H](O)CN(CC(=O)O)Cc2ccccc2)CC1=O. The lowest BCUT2D eigenvalue weighted by atomic mass is 9.33. The number of aliphatic carboxylic acids is 2. The van der Waals surface area contributed by atoms with Crippen molar-refractivity contribution in [1.29, 1.82) is 0 Å².